The van der Waals surface area contributed by atoms with Gasteiger partial charge in [0.25, 0.3) is 0 Å². The highest BCUT2D eigenvalue weighted by atomic mass is 16.3. The van der Waals surface area contributed by atoms with Gasteiger partial charge in [0.2, 0.25) is 0 Å². The summed E-state index contributed by atoms with van der Waals surface area (Å²) in [6.07, 6.45) is 0. The fourth-order valence-corrected chi connectivity index (χ4v) is 1.43. The number of hydrogen-bond acceptors (Lipinski definition) is 2. The molecule has 0 atom stereocenters. The van der Waals surface area contributed by atoms with Gasteiger partial charge < -0.3 is 10.0 Å². The lowest BCUT2D eigenvalue weighted by Gasteiger charge is -2.13. The standard InChI is InChI=1S/C10H11N2O2/c13-9-3-1-8(2-4-9)7-12-6-5-11-10(12)14/h1-4,13H,5-7H2. The molecule has 2 rings (SSSR count). The van der Waals surface area contributed by atoms with Crippen molar-refractivity contribution in [3.05, 3.63) is 29.8 Å². The third kappa shape index (κ3) is 1.79. The number of phenols is 1. The number of carbonyl (C=O) groups excluding carboxylic acids is 1. The van der Waals surface area contributed by atoms with Crippen LogP contribution >= 0.6 is 0 Å². The molecule has 1 N–H and O–H groups in total. The van der Waals surface area contributed by atoms with Crippen LogP contribution in [-0.4, -0.2) is 29.1 Å². The first kappa shape index (κ1) is 8.87. The molecule has 0 aromatic heterocycles. The molecular weight excluding hydrogens is 180 g/mol. The smallest absolute Gasteiger partial charge is 0.339 e. The predicted molar refractivity (Wildman–Crippen MR) is 50.9 cm³/mol. The lowest BCUT2D eigenvalue weighted by atomic mass is 10.2. The Morgan fingerprint density at radius 3 is 2.64 bits per heavy atom. The molecule has 1 aromatic carbocycles. The van der Waals surface area contributed by atoms with Crippen LogP contribution in [0.4, 0.5) is 4.79 Å². The van der Waals surface area contributed by atoms with E-state index in [0.29, 0.717) is 19.6 Å². The molecule has 1 heterocycles. The molecule has 1 saturated heterocycles. The Hall–Kier alpha value is -1.71. The van der Waals surface area contributed by atoms with Crippen molar-refractivity contribution in [2.45, 2.75) is 6.54 Å². The van der Waals surface area contributed by atoms with Crippen molar-refractivity contribution >= 4 is 6.03 Å². The van der Waals surface area contributed by atoms with Gasteiger partial charge in [0.05, 0.1) is 6.54 Å². The van der Waals surface area contributed by atoms with E-state index in [1.54, 1.807) is 29.2 Å². The molecule has 2 amide bonds. The third-order valence-corrected chi connectivity index (χ3v) is 2.20. The Kier molecular flexibility index (Phi) is 2.26. The Bertz CT molecular complexity index is 334. The van der Waals surface area contributed by atoms with Gasteiger partial charge in [0.15, 0.2) is 0 Å². The highest BCUT2D eigenvalue weighted by Gasteiger charge is 2.20. The summed E-state index contributed by atoms with van der Waals surface area (Å²) in [5.74, 6) is 0.242. The molecule has 0 spiro atoms. The summed E-state index contributed by atoms with van der Waals surface area (Å²) in [4.78, 5) is 12.8. The first-order chi connectivity index (χ1) is 6.75. The van der Waals surface area contributed by atoms with Gasteiger partial charge in [-0.05, 0) is 17.7 Å². The van der Waals surface area contributed by atoms with E-state index in [-0.39, 0.29) is 11.8 Å². The Morgan fingerprint density at radius 2 is 2.07 bits per heavy atom. The largest absolute Gasteiger partial charge is 0.508 e. The Labute approximate surface area is 82.2 Å². The minimum absolute atomic E-state index is 0.141. The molecule has 1 aromatic rings. The van der Waals surface area contributed by atoms with Crippen LogP contribution < -0.4 is 5.32 Å². The first-order valence-corrected chi connectivity index (χ1v) is 4.50. The van der Waals surface area contributed by atoms with E-state index in [1.165, 1.54) is 0 Å². The van der Waals surface area contributed by atoms with E-state index in [2.05, 4.69) is 5.32 Å². The van der Waals surface area contributed by atoms with Gasteiger partial charge in [-0.25, -0.2) is 10.1 Å². The predicted octanol–water partition coefficient (Wildman–Crippen LogP) is 0.932. The molecule has 0 saturated carbocycles. The third-order valence-electron chi connectivity index (χ3n) is 2.20. The molecule has 73 valence electrons. The summed E-state index contributed by atoms with van der Waals surface area (Å²) in [5, 5.41) is 12.8. The quantitative estimate of drug-likeness (QED) is 0.756. The number of phenolic OH excluding ortho intramolecular Hbond substituents is 1. The second-order valence-corrected chi connectivity index (χ2v) is 3.25. The highest BCUT2D eigenvalue weighted by Crippen LogP contribution is 2.12. The molecule has 1 aliphatic heterocycles. The second-order valence-electron chi connectivity index (χ2n) is 3.25. The molecule has 0 unspecified atom stereocenters. The molecular formula is C10H11N2O2. The van der Waals surface area contributed by atoms with Crippen molar-refractivity contribution in [3.63, 3.8) is 0 Å². The average molecular weight is 191 g/mol. The zero-order valence-electron chi connectivity index (χ0n) is 7.68. The minimum atomic E-state index is -0.141. The molecule has 1 radical (unpaired) electrons. The summed E-state index contributed by atoms with van der Waals surface area (Å²) in [6, 6.07) is 6.71. The fraction of sp³-hybridized carbons (Fsp3) is 0.300. The number of rotatable bonds is 2. The first-order valence-electron chi connectivity index (χ1n) is 4.50. The summed E-state index contributed by atoms with van der Waals surface area (Å²) >= 11 is 0. The van der Waals surface area contributed by atoms with Crippen LogP contribution in [0, 0.1) is 0 Å². The lowest BCUT2D eigenvalue weighted by Crippen LogP contribution is -2.25. The molecule has 4 heteroatoms. The summed E-state index contributed by atoms with van der Waals surface area (Å²) in [7, 11) is 0. The van der Waals surface area contributed by atoms with Crippen LogP contribution in [0.25, 0.3) is 0 Å². The van der Waals surface area contributed by atoms with Crippen LogP contribution in [-0.2, 0) is 6.54 Å². The summed E-state index contributed by atoms with van der Waals surface area (Å²) < 4.78 is 0. The average Bonchev–Trinajstić information content (AvgIpc) is 2.56. The zero-order chi connectivity index (χ0) is 9.97. The van der Waals surface area contributed by atoms with E-state index >= 15 is 0 Å². The van der Waals surface area contributed by atoms with Gasteiger partial charge in [-0.3, -0.25) is 0 Å². The van der Waals surface area contributed by atoms with Crippen molar-refractivity contribution in [3.8, 4) is 5.75 Å². The van der Waals surface area contributed by atoms with E-state index in [1.807, 2.05) is 0 Å². The van der Waals surface area contributed by atoms with Gasteiger partial charge in [-0.2, -0.15) is 0 Å². The molecule has 1 fully saturated rings. The monoisotopic (exact) mass is 191 g/mol. The maximum absolute atomic E-state index is 11.2. The summed E-state index contributed by atoms with van der Waals surface area (Å²) in [5.41, 5.74) is 1.01. The van der Waals surface area contributed by atoms with E-state index in [0.717, 1.165) is 5.56 Å². The molecule has 14 heavy (non-hydrogen) atoms. The van der Waals surface area contributed by atoms with Gasteiger partial charge in [-0.1, -0.05) is 12.1 Å². The van der Waals surface area contributed by atoms with Crippen LogP contribution in [0.15, 0.2) is 24.3 Å². The second kappa shape index (κ2) is 3.57. The zero-order valence-corrected chi connectivity index (χ0v) is 7.68. The minimum Gasteiger partial charge on any atom is -0.508 e. The number of amides is 2. The molecule has 1 aliphatic rings. The highest BCUT2D eigenvalue weighted by molar-refractivity contribution is 5.75. The van der Waals surface area contributed by atoms with Crippen LogP contribution in [0.5, 0.6) is 5.75 Å². The van der Waals surface area contributed by atoms with Crippen LogP contribution in [0.1, 0.15) is 5.56 Å². The van der Waals surface area contributed by atoms with E-state index in [9.17, 15) is 4.79 Å². The van der Waals surface area contributed by atoms with E-state index < -0.39 is 0 Å². The Balaban J connectivity index is 2.03. The number of urea groups is 1. The number of hydrogen-bond donors (Lipinski definition) is 1. The maximum Gasteiger partial charge on any atom is 0.339 e. The fourth-order valence-electron chi connectivity index (χ4n) is 1.43. The van der Waals surface area contributed by atoms with Gasteiger partial charge in [-0.15, -0.1) is 0 Å². The number of nitrogens with zero attached hydrogens (tertiary/aromatic N) is 2. The van der Waals surface area contributed by atoms with E-state index in [4.69, 9.17) is 5.11 Å². The molecule has 0 aliphatic carbocycles. The normalized spacial score (nSPS) is 15.7. The molecule has 0 bridgehead atoms. The van der Waals surface area contributed by atoms with Gasteiger partial charge in [0, 0.05) is 13.1 Å². The van der Waals surface area contributed by atoms with Gasteiger partial charge in [0.1, 0.15) is 5.75 Å². The van der Waals surface area contributed by atoms with Crippen molar-refractivity contribution in [1.29, 1.82) is 0 Å². The van der Waals surface area contributed by atoms with Crippen molar-refractivity contribution in [2.24, 2.45) is 0 Å². The Morgan fingerprint density at radius 1 is 1.36 bits per heavy atom. The van der Waals surface area contributed by atoms with Crippen molar-refractivity contribution < 1.29 is 9.90 Å². The topological polar surface area (TPSA) is 54.6 Å². The number of aromatic hydroxyl groups is 1. The lowest BCUT2D eigenvalue weighted by molar-refractivity contribution is 0.215. The van der Waals surface area contributed by atoms with Crippen molar-refractivity contribution in [1.82, 2.24) is 10.2 Å². The maximum atomic E-state index is 11.2. The number of carbonyl (C=O) groups is 1. The van der Waals surface area contributed by atoms with Crippen LogP contribution in [0.2, 0.25) is 0 Å². The van der Waals surface area contributed by atoms with Gasteiger partial charge >= 0.3 is 6.03 Å². The number of benzene rings is 1. The SMILES string of the molecule is O=C1[N]CCN1Cc1ccc(O)cc1. The summed E-state index contributed by atoms with van der Waals surface area (Å²) in [6.45, 7) is 1.86. The van der Waals surface area contributed by atoms with Crippen molar-refractivity contribution in [2.75, 3.05) is 13.1 Å². The van der Waals surface area contributed by atoms with Crippen LogP contribution in [0.3, 0.4) is 0 Å². The molecule has 4 nitrogen and oxygen atoms in total.